The van der Waals surface area contributed by atoms with E-state index >= 15 is 0 Å². The van der Waals surface area contributed by atoms with Gasteiger partial charge in [-0.3, -0.25) is 0 Å². The van der Waals surface area contributed by atoms with Crippen molar-refractivity contribution in [3.05, 3.63) is 71.8 Å². The number of rotatable bonds is 5. The Kier molecular flexibility index (Phi) is 4.57. The van der Waals surface area contributed by atoms with Crippen molar-refractivity contribution in [3.8, 4) is 5.75 Å². The molecule has 1 unspecified atom stereocenters. The highest BCUT2D eigenvalue weighted by Crippen LogP contribution is 2.40. The number of hydrogen-bond acceptors (Lipinski definition) is 5. The molecule has 25 heavy (non-hydrogen) atoms. The first-order valence-corrected chi connectivity index (χ1v) is 7.85. The molecule has 2 aromatic rings. The Labute approximate surface area is 145 Å². The van der Waals surface area contributed by atoms with Gasteiger partial charge < -0.3 is 14.2 Å². The third-order valence-corrected chi connectivity index (χ3v) is 4.01. The predicted molar refractivity (Wildman–Crippen MR) is 91.8 cm³/mol. The number of para-hydroxylation sites is 1. The van der Waals surface area contributed by atoms with Crippen LogP contribution in [0.4, 0.5) is 0 Å². The van der Waals surface area contributed by atoms with E-state index < -0.39 is 17.5 Å². The van der Waals surface area contributed by atoms with Gasteiger partial charge in [-0.2, -0.15) is 0 Å². The summed E-state index contributed by atoms with van der Waals surface area (Å²) in [5.74, 6) is -0.768. The van der Waals surface area contributed by atoms with Crippen molar-refractivity contribution in [1.29, 1.82) is 0 Å². The molecule has 5 nitrogen and oxygen atoms in total. The number of methoxy groups -OCH3 is 1. The second kappa shape index (κ2) is 6.81. The average Bonchev–Trinajstić information content (AvgIpc) is 2.92. The molecular formula is C20H18O5. The smallest absolute Gasteiger partial charge is 0.347 e. The molecule has 128 valence electrons. The van der Waals surface area contributed by atoms with E-state index in [4.69, 9.17) is 14.2 Å². The zero-order valence-electron chi connectivity index (χ0n) is 14.0. The Morgan fingerprint density at radius 1 is 1.04 bits per heavy atom. The molecule has 0 aliphatic carbocycles. The van der Waals surface area contributed by atoms with Gasteiger partial charge in [-0.15, -0.1) is 0 Å². The van der Waals surface area contributed by atoms with Gasteiger partial charge in [-0.1, -0.05) is 48.5 Å². The first kappa shape index (κ1) is 16.8. The standard InChI is InChI=1S/C20H18O5/c1-20(13-24-15-11-7-4-8-12-15)17(14-9-5-3-6-10-14)16(18(21)23-2)19(22)25-20/h3-12H,13H2,1-2H3. The molecule has 1 aliphatic rings. The largest absolute Gasteiger partial charge is 0.489 e. The summed E-state index contributed by atoms with van der Waals surface area (Å²) in [5.41, 5.74) is -0.000649. The first-order chi connectivity index (χ1) is 12.0. The van der Waals surface area contributed by atoms with Crippen LogP contribution >= 0.6 is 0 Å². The molecule has 0 spiro atoms. The maximum absolute atomic E-state index is 12.3. The molecule has 5 heteroatoms. The van der Waals surface area contributed by atoms with Crippen molar-refractivity contribution in [2.45, 2.75) is 12.5 Å². The minimum absolute atomic E-state index is 0.0769. The highest BCUT2D eigenvalue weighted by atomic mass is 16.6. The van der Waals surface area contributed by atoms with E-state index in [1.165, 1.54) is 7.11 Å². The highest BCUT2D eigenvalue weighted by molar-refractivity contribution is 6.23. The van der Waals surface area contributed by atoms with E-state index in [1.54, 1.807) is 6.92 Å². The van der Waals surface area contributed by atoms with Crippen molar-refractivity contribution < 1.29 is 23.8 Å². The molecular weight excluding hydrogens is 320 g/mol. The van der Waals surface area contributed by atoms with Crippen molar-refractivity contribution in [2.75, 3.05) is 13.7 Å². The number of cyclic esters (lactones) is 1. The Morgan fingerprint density at radius 2 is 1.64 bits per heavy atom. The van der Waals surface area contributed by atoms with Crippen LogP contribution < -0.4 is 4.74 Å². The lowest BCUT2D eigenvalue weighted by Gasteiger charge is -2.27. The van der Waals surface area contributed by atoms with E-state index in [0.717, 1.165) is 0 Å². The maximum atomic E-state index is 12.3. The summed E-state index contributed by atoms with van der Waals surface area (Å²) in [7, 11) is 1.24. The SMILES string of the molecule is COC(=O)C1=C(c2ccccc2)C(C)(COc2ccccc2)OC1=O. The van der Waals surface area contributed by atoms with E-state index in [-0.39, 0.29) is 12.2 Å². The first-order valence-electron chi connectivity index (χ1n) is 7.85. The van der Waals surface area contributed by atoms with E-state index in [0.29, 0.717) is 16.9 Å². The van der Waals surface area contributed by atoms with Gasteiger partial charge in [0.1, 0.15) is 12.4 Å². The van der Waals surface area contributed by atoms with Crippen LogP contribution in [-0.2, 0) is 19.1 Å². The molecule has 0 bridgehead atoms. The fourth-order valence-electron chi connectivity index (χ4n) is 2.85. The number of benzene rings is 2. The van der Waals surface area contributed by atoms with Crippen LogP contribution in [0, 0.1) is 0 Å². The summed E-state index contributed by atoms with van der Waals surface area (Å²) in [4.78, 5) is 24.5. The molecule has 0 aromatic heterocycles. The fourth-order valence-corrected chi connectivity index (χ4v) is 2.85. The van der Waals surface area contributed by atoms with Crippen LogP contribution in [0.1, 0.15) is 12.5 Å². The highest BCUT2D eigenvalue weighted by Gasteiger charge is 2.48. The minimum Gasteiger partial charge on any atom is -0.489 e. The van der Waals surface area contributed by atoms with Crippen LogP contribution in [0.3, 0.4) is 0 Å². The predicted octanol–water partition coefficient (Wildman–Crippen LogP) is 3.01. The van der Waals surface area contributed by atoms with Crippen molar-refractivity contribution >= 4 is 17.5 Å². The number of carbonyl (C=O) groups excluding carboxylic acids is 2. The van der Waals surface area contributed by atoms with Crippen molar-refractivity contribution in [3.63, 3.8) is 0 Å². The third kappa shape index (κ3) is 3.26. The molecule has 3 rings (SSSR count). The van der Waals surface area contributed by atoms with Crippen LogP contribution in [0.25, 0.3) is 5.57 Å². The quantitative estimate of drug-likeness (QED) is 0.619. The molecule has 0 N–H and O–H groups in total. The molecule has 2 aromatic carbocycles. The van der Waals surface area contributed by atoms with Gasteiger partial charge in [0.2, 0.25) is 0 Å². The molecule has 0 saturated carbocycles. The maximum Gasteiger partial charge on any atom is 0.347 e. The van der Waals surface area contributed by atoms with Gasteiger partial charge in [0.25, 0.3) is 0 Å². The van der Waals surface area contributed by atoms with Gasteiger partial charge in [-0.25, -0.2) is 9.59 Å². The van der Waals surface area contributed by atoms with E-state index in [2.05, 4.69) is 0 Å². The van der Waals surface area contributed by atoms with Crippen LogP contribution in [-0.4, -0.2) is 31.3 Å². The third-order valence-electron chi connectivity index (χ3n) is 4.01. The summed E-state index contributed by atoms with van der Waals surface area (Å²) >= 11 is 0. The molecule has 0 radical (unpaired) electrons. The summed E-state index contributed by atoms with van der Waals surface area (Å²) in [5, 5.41) is 0. The average molecular weight is 338 g/mol. The molecule has 0 amide bonds. The van der Waals surface area contributed by atoms with Crippen molar-refractivity contribution in [1.82, 2.24) is 0 Å². The van der Waals surface area contributed by atoms with Gasteiger partial charge in [0, 0.05) is 5.57 Å². The second-order valence-electron chi connectivity index (χ2n) is 5.83. The topological polar surface area (TPSA) is 61.8 Å². The number of hydrogen-bond donors (Lipinski definition) is 0. The number of esters is 2. The lowest BCUT2D eigenvalue weighted by molar-refractivity contribution is -0.150. The molecule has 1 atom stereocenters. The van der Waals surface area contributed by atoms with Gasteiger partial charge in [0.15, 0.2) is 11.2 Å². The number of ether oxygens (including phenoxy) is 3. The van der Waals surface area contributed by atoms with Gasteiger partial charge in [-0.05, 0) is 24.6 Å². The van der Waals surface area contributed by atoms with Crippen LogP contribution in [0.5, 0.6) is 5.75 Å². The summed E-state index contributed by atoms with van der Waals surface area (Å²) in [6, 6.07) is 18.4. The van der Waals surface area contributed by atoms with Gasteiger partial charge in [0.05, 0.1) is 7.11 Å². The van der Waals surface area contributed by atoms with E-state index in [1.807, 2.05) is 60.7 Å². The molecule has 1 heterocycles. The minimum atomic E-state index is -1.10. The normalized spacial score (nSPS) is 19.5. The molecule has 0 saturated heterocycles. The summed E-state index contributed by atoms with van der Waals surface area (Å²) in [6.07, 6.45) is 0. The lowest BCUT2D eigenvalue weighted by atomic mass is 9.88. The number of carbonyl (C=O) groups is 2. The Balaban J connectivity index is 2.01. The summed E-state index contributed by atoms with van der Waals surface area (Å²) in [6.45, 7) is 1.81. The van der Waals surface area contributed by atoms with Crippen molar-refractivity contribution in [2.24, 2.45) is 0 Å². The fraction of sp³-hybridized carbons (Fsp3) is 0.200. The Morgan fingerprint density at radius 3 is 2.24 bits per heavy atom. The zero-order valence-corrected chi connectivity index (χ0v) is 14.0. The summed E-state index contributed by atoms with van der Waals surface area (Å²) < 4.78 is 16.1. The van der Waals surface area contributed by atoms with Crippen LogP contribution in [0.2, 0.25) is 0 Å². The monoisotopic (exact) mass is 338 g/mol. The second-order valence-corrected chi connectivity index (χ2v) is 5.83. The molecule has 1 aliphatic heterocycles. The lowest BCUT2D eigenvalue weighted by Crippen LogP contribution is -2.34. The van der Waals surface area contributed by atoms with Gasteiger partial charge >= 0.3 is 11.9 Å². The molecule has 0 fully saturated rings. The van der Waals surface area contributed by atoms with E-state index in [9.17, 15) is 9.59 Å². The zero-order chi connectivity index (χ0) is 17.9. The Hall–Kier alpha value is -3.08. The van der Waals surface area contributed by atoms with Crippen LogP contribution in [0.15, 0.2) is 66.2 Å². The Bertz CT molecular complexity index is 810.